The average molecular weight is 342 g/mol. The first-order chi connectivity index (χ1) is 11.6. The summed E-state index contributed by atoms with van der Waals surface area (Å²) in [5.41, 5.74) is 2.39. The lowest BCUT2D eigenvalue weighted by Crippen LogP contribution is -2.24. The molecule has 6 nitrogen and oxygen atoms in total. The number of thioether (sulfide) groups is 1. The monoisotopic (exact) mass is 342 g/mol. The van der Waals surface area contributed by atoms with E-state index in [1.54, 1.807) is 36.0 Å². The zero-order valence-corrected chi connectivity index (χ0v) is 14.4. The van der Waals surface area contributed by atoms with Gasteiger partial charge in [0, 0.05) is 24.3 Å². The Bertz CT molecular complexity index is 777. The molecule has 124 valence electrons. The molecule has 0 atom stereocenters. The van der Waals surface area contributed by atoms with Gasteiger partial charge in [-0.3, -0.25) is 19.6 Å². The van der Waals surface area contributed by atoms with Gasteiger partial charge in [-0.05, 0) is 24.0 Å². The number of hydrogen-bond donors (Lipinski definition) is 1. The predicted octanol–water partition coefficient (Wildman–Crippen LogP) is 2.10. The van der Waals surface area contributed by atoms with Crippen molar-refractivity contribution in [1.82, 2.24) is 20.2 Å². The SMILES string of the molecule is CCSc1ccc(CNC(=O)c2cnc3c(c2)C(=O)N(C)C3)nc1. The third kappa shape index (κ3) is 3.41. The molecule has 1 aliphatic heterocycles. The third-order valence-electron chi connectivity index (χ3n) is 3.74. The Balaban J connectivity index is 1.64. The van der Waals surface area contributed by atoms with E-state index in [-0.39, 0.29) is 11.8 Å². The second-order valence-corrected chi connectivity index (χ2v) is 6.82. The molecule has 0 aromatic carbocycles. The fourth-order valence-corrected chi connectivity index (χ4v) is 3.10. The van der Waals surface area contributed by atoms with E-state index in [0.29, 0.717) is 29.9 Å². The molecule has 0 fully saturated rings. The van der Waals surface area contributed by atoms with Crippen molar-refractivity contribution in [3.63, 3.8) is 0 Å². The van der Waals surface area contributed by atoms with E-state index in [4.69, 9.17) is 0 Å². The van der Waals surface area contributed by atoms with Gasteiger partial charge in [0.2, 0.25) is 0 Å². The molecule has 3 rings (SSSR count). The molecule has 2 aromatic heterocycles. The second kappa shape index (κ2) is 7.00. The summed E-state index contributed by atoms with van der Waals surface area (Å²) in [5, 5.41) is 2.81. The smallest absolute Gasteiger partial charge is 0.255 e. The number of aromatic nitrogens is 2. The van der Waals surface area contributed by atoms with E-state index in [0.717, 1.165) is 16.3 Å². The minimum atomic E-state index is -0.263. The first-order valence-electron chi connectivity index (χ1n) is 7.68. The molecular weight excluding hydrogens is 324 g/mol. The molecule has 0 bridgehead atoms. The Kier molecular flexibility index (Phi) is 4.80. The zero-order chi connectivity index (χ0) is 17.1. The van der Waals surface area contributed by atoms with Gasteiger partial charge < -0.3 is 10.2 Å². The number of carbonyl (C=O) groups is 2. The average Bonchev–Trinajstić information content (AvgIpc) is 2.88. The number of pyridine rings is 2. The Morgan fingerprint density at radius 1 is 1.33 bits per heavy atom. The molecule has 24 heavy (non-hydrogen) atoms. The van der Waals surface area contributed by atoms with Gasteiger partial charge in [0.15, 0.2) is 0 Å². The molecule has 0 unspecified atom stereocenters. The van der Waals surface area contributed by atoms with Crippen LogP contribution in [0.5, 0.6) is 0 Å². The summed E-state index contributed by atoms with van der Waals surface area (Å²) in [7, 11) is 1.72. The van der Waals surface area contributed by atoms with Crippen LogP contribution in [-0.2, 0) is 13.1 Å². The predicted molar refractivity (Wildman–Crippen MR) is 91.8 cm³/mol. The van der Waals surface area contributed by atoms with Crippen LogP contribution >= 0.6 is 11.8 Å². The maximum atomic E-state index is 12.3. The highest BCUT2D eigenvalue weighted by Crippen LogP contribution is 2.20. The third-order valence-corrected chi connectivity index (χ3v) is 4.60. The Morgan fingerprint density at radius 2 is 2.17 bits per heavy atom. The topological polar surface area (TPSA) is 75.2 Å². The van der Waals surface area contributed by atoms with Crippen molar-refractivity contribution in [2.75, 3.05) is 12.8 Å². The minimum absolute atomic E-state index is 0.0992. The first-order valence-corrected chi connectivity index (χ1v) is 8.67. The summed E-state index contributed by atoms with van der Waals surface area (Å²) >= 11 is 1.72. The largest absolute Gasteiger partial charge is 0.346 e. The van der Waals surface area contributed by atoms with E-state index in [1.165, 1.54) is 6.20 Å². The summed E-state index contributed by atoms with van der Waals surface area (Å²) in [4.78, 5) is 35.5. The Labute approximate surface area is 144 Å². The molecule has 2 amide bonds. The molecule has 0 aliphatic carbocycles. The van der Waals surface area contributed by atoms with Crippen molar-refractivity contribution in [3.05, 3.63) is 53.1 Å². The number of rotatable bonds is 5. The number of nitrogens with one attached hydrogen (secondary N) is 1. The number of amides is 2. The standard InChI is InChI=1S/C17H18N4O2S/c1-3-24-13-5-4-12(18-9-13)8-20-16(22)11-6-14-15(19-7-11)10-21(2)17(14)23/h4-7,9H,3,8,10H2,1-2H3,(H,20,22). The fraction of sp³-hybridized carbons (Fsp3) is 0.294. The molecule has 0 spiro atoms. The van der Waals surface area contributed by atoms with Gasteiger partial charge >= 0.3 is 0 Å². The zero-order valence-electron chi connectivity index (χ0n) is 13.6. The van der Waals surface area contributed by atoms with Crippen molar-refractivity contribution >= 4 is 23.6 Å². The minimum Gasteiger partial charge on any atom is -0.346 e. The van der Waals surface area contributed by atoms with Crippen molar-refractivity contribution in [1.29, 1.82) is 0 Å². The van der Waals surface area contributed by atoms with Crippen molar-refractivity contribution in [2.24, 2.45) is 0 Å². The van der Waals surface area contributed by atoms with Crippen LogP contribution in [0.1, 0.15) is 39.0 Å². The highest BCUT2D eigenvalue weighted by molar-refractivity contribution is 7.99. The van der Waals surface area contributed by atoms with Crippen LogP contribution in [0.2, 0.25) is 0 Å². The van der Waals surface area contributed by atoms with Crippen molar-refractivity contribution in [3.8, 4) is 0 Å². The summed E-state index contributed by atoms with van der Waals surface area (Å²) in [6.07, 6.45) is 3.32. The van der Waals surface area contributed by atoms with Crippen LogP contribution in [0.15, 0.2) is 35.5 Å². The van der Waals surface area contributed by atoms with E-state index < -0.39 is 0 Å². The van der Waals surface area contributed by atoms with Gasteiger partial charge in [-0.25, -0.2) is 0 Å². The van der Waals surface area contributed by atoms with Crippen LogP contribution in [0.25, 0.3) is 0 Å². The first kappa shape index (κ1) is 16.4. The Hall–Kier alpha value is -2.41. The van der Waals surface area contributed by atoms with E-state index in [1.807, 2.05) is 12.1 Å². The maximum absolute atomic E-state index is 12.3. The lowest BCUT2D eigenvalue weighted by Gasteiger charge is -2.06. The van der Waals surface area contributed by atoms with Gasteiger partial charge in [-0.2, -0.15) is 0 Å². The molecule has 0 saturated carbocycles. The number of nitrogens with zero attached hydrogens (tertiary/aromatic N) is 3. The molecule has 7 heteroatoms. The summed E-state index contributed by atoms with van der Waals surface area (Å²) in [6, 6.07) is 5.50. The Morgan fingerprint density at radius 3 is 2.88 bits per heavy atom. The fourth-order valence-electron chi connectivity index (χ4n) is 2.47. The van der Waals surface area contributed by atoms with Gasteiger partial charge in [0.1, 0.15) is 0 Å². The van der Waals surface area contributed by atoms with E-state index in [2.05, 4.69) is 22.2 Å². The summed E-state index contributed by atoms with van der Waals surface area (Å²) in [5.74, 6) is 0.635. The van der Waals surface area contributed by atoms with Crippen LogP contribution in [-0.4, -0.2) is 39.5 Å². The quantitative estimate of drug-likeness (QED) is 0.842. The number of hydrogen-bond acceptors (Lipinski definition) is 5. The molecule has 0 radical (unpaired) electrons. The van der Waals surface area contributed by atoms with Crippen molar-refractivity contribution in [2.45, 2.75) is 24.9 Å². The lowest BCUT2D eigenvalue weighted by molar-refractivity contribution is 0.0816. The van der Waals surface area contributed by atoms with Gasteiger partial charge in [0.25, 0.3) is 11.8 Å². The second-order valence-electron chi connectivity index (χ2n) is 5.48. The number of carbonyl (C=O) groups excluding carboxylic acids is 2. The van der Waals surface area contributed by atoms with Crippen LogP contribution in [0, 0.1) is 0 Å². The molecule has 2 aromatic rings. The number of fused-ring (bicyclic) bond motifs is 1. The molecule has 1 aliphatic rings. The highest BCUT2D eigenvalue weighted by atomic mass is 32.2. The van der Waals surface area contributed by atoms with Gasteiger partial charge in [-0.1, -0.05) is 6.92 Å². The normalized spacial score (nSPS) is 13.1. The van der Waals surface area contributed by atoms with Gasteiger partial charge in [0.05, 0.1) is 35.6 Å². The molecule has 0 saturated heterocycles. The van der Waals surface area contributed by atoms with E-state index >= 15 is 0 Å². The lowest BCUT2D eigenvalue weighted by atomic mass is 10.1. The van der Waals surface area contributed by atoms with Gasteiger partial charge in [-0.15, -0.1) is 11.8 Å². The van der Waals surface area contributed by atoms with Crippen LogP contribution < -0.4 is 5.32 Å². The summed E-state index contributed by atoms with van der Waals surface area (Å²) < 4.78 is 0. The highest BCUT2D eigenvalue weighted by Gasteiger charge is 2.26. The molecule has 3 heterocycles. The van der Waals surface area contributed by atoms with Crippen LogP contribution in [0.3, 0.4) is 0 Å². The van der Waals surface area contributed by atoms with Crippen molar-refractivity contribution < 1.29 is 9.59 Å². The van der Waals surface area contributed by atoms with E-state index in [9.17, 15) is 9.59 Å². The molecular formula is C17H18N4O2S. The summed E-state index contributed by atoms with van der Waals surface area (Å²) in [6.45, 7) is 2.91. The van der Waals surface area contributed by atoms with Crippen LogP contribution in [0.4, 0.5) is 0 Å². The maximum Gasteiger partial charge on any atom is 0.255 e. The molecule has 1 N–H and O–H groups in total.